The van der Waals surface area contributed by atoms with Crippen LogP contribution in [0.1, 0.15) is 26.3 Å². The third kappa shape index (κ3) is 4.33. The number of hydrogen-bond acceptors (Lipinski definition) is 5. The Kier molecular flexibility index (Phi) is 5.46. The first-order valence-corrected chi connectivity index (χ1v) is 9.64. The predicted molar refractivity (Wildman–Crippen MR) is 101 cm³/mol. The predicted octanol–water partition coefficient (Wildman–Crippen LogP) is 3.69. The van der Waals surface area contributed by atoms with E-state index in [0.29, 0.717) is 13.2 Å². The van der Waals surface area contributed by atoms with Gasteiger partial charge >= 0.3 is 6.09 Å². The van der Waals surface area contributed by atoms with E-state index in [0.717, 1.165) is 16.5 Å². The summed E-state index contributed by atoms with van der Waals surface area (Å²) in [5.74, 6) is 1.65. The summed E-state index contributed by atoms with van der Waals surface area (Å²) in [6, 6.07) is 10.3. The molecular weight excluding hydrogens is 350 g/mol. The summed E-state index contributed by atoms with van der Waals surface area (Å²) < 4.78 is 13.2. The Hall–Kier alpha value is -2.15. The first-order chi connectivity index (χ1) is 12.3. The van der Waals surface area contributed by atoms with Crippen LogP contribution in [0.3, 0.4) is 0 Å². The van der Waals surface area contributed by atoms with Crippen LogP contribution in [0.2, 0.25) is 0 Å². The van der Waals surface area contributed by atoms with Crippen molar-refractivity contribution in [1.29, 1.82) is 0 Å². The normalized spacial score (nSPS) is 17.9. The van der Waals surface area contributed by atoms with E-state index in [1.54, 1.807) is 11.8 Å². The molecule has 140 valence electrons. The van der Waals surface area contributed by atoms with Crippen LogP contribution in [0.15, 0.2) is 41.4 Å². The summed E-state index contributed by atoms with van der Waals surface area (Å²) in [6.07, 6.45) is 0.750. The Morgan fingerprint density at radius 3 is 2.81 bits per heavy atom. The van der Waals surface area contributed by atoms with Gasteiger partial charge in [-0.05, 0) is 11.0 Å². The summed E-state index contributed by atoms with van der Waals surface area (Å²) in [4.78, 5) is 12.3. The SMILES string of the molecule is CC(C)(C)C(OC(N)=O)[C@H]1COc2c(SCc3ccccc3)cnn2C1. The molecule has 2 atom stereocenters. The zero-order valence-electron chi connectivity index (χ0n) is 15.3. The largest absolute Gasteiger partial charge is 0.477 e. The standard InChI is InChI=1S/C19H25N3O3S/c1-19(2,3)16(25-18(20)23)14-10-22-17(24-11-14)15(9-21-22)26-12-13-7-5-4-6-8-13/h4-9,14,16H,10-12H2,1-3H3,(H2,20,23)/t14-,16?/m1/s1. The molecule has 1 amide bonds. The molecule has 1 aliphatic heterocycles. The third-order valence-electron chi connectivity index (χ3n) is 4.36. The quantitative estimate of drug-likeness (QED) is 0.806. The summed E-state index contributed by atoms with van der Waals surface area (Å²) >= 11 is 1.71. The van der Waals surface area contributed by atoms with Crippen LogP contribution in [0, 0.1) is 11.3 Å². The van der Waals surface area contributed by atoms with Gasteiger partial charge < -0.3 is 15.2 Å². The number of thioether (sulfide) groups is 1. The van der Waals surface area contributed by atoms with E-state index >= 15 is 0 Å². The van der Waals surface area contributed by atoms with Crippen LogP contribution in [0.5, 0.6) is 5.88 Å². The van der Waals surface area contributed by atoms with Gasteiger partial charge in [-0.1, -0.05) is 51.1 Å². The molecule has 0 saturated carbocycles. The van der Waals surface area contributed by atoms with Gasteiger partial charge in [0.2, 0.25) is 5.88 Å². The molecule has 1 aromatic heterocycles. The molecule has 6 nitrogen and oxygen atoms in total. The lowest BCUT2D eigenvalue weighted by atomic mass is 9.81. The Balaban J connectivity index is 1.69. The van der Waals surface area contributed by atoms with Crippen molar-refractivity contribution in [2.75, 3.05) is 6.61 Å². The van der Waals surface area contributed by atoms with Crippen LogP contribution >= 0.6 is 11.8 Å². The maximum Gasteiger partial charge on any atom is 0.404 e. The Labute approximate surface area is 158 Å². The fourth-order valence-electron chi connectivity index (χ4n) is 3.22. The Bertz CT molecular complexity index is 755. The zero-order valence-corrected chi connectivity index (χ0v) is 16.2. The van der Waals surface area contributed by atoms with E-state index < -0.39 is 6.09 Å². The number of ether oxygens (including phenoxy) is 2. The molecule has 0 spiro atoms. The molecule has 3 rings (SSSR count). The summed E-state index contributed by atoms with van der Waals surface area (Å²) in [6.45, 7) is 7.19. The lowest BCUT2D eigenvalue weighted by Crippen LogP contribution is -2.45. The van der Waals surface area contributed by atoms with Crippen LogP contribution in [0.25, 0.3) is 0 Å². The van der Waals surface area contributed by atoms with E-state index in [9.17, 15) is 4.79 Å². The number of primary amides is 1. The minimum atomic E-state index is -0.754. The maximum atomic E-state index is 11.3. The number of rotatable bonds is 5. The van der Waals surface area contributed by atoms with Crippen molar-refractivity contribution in [1.82, 2.24) is 9.78 Å². The van der Waals surface area contributed by atoms with Crippen LogP contribution in [-0.2, 0) is 17.0 Å². The van der Waals surface area contributed by atoms with Gasteiger partial charge in [-0.3, -0.25) is 0 Å². The summed E-state index contributed by atoms with van der Waals surface area (Å²) in [5, 5.41) is 4.46. The van der Waals surface area contributed by atoms with E-state index in [1.807, 2.05) is 49.8 Å². The van der Waals surface area contributed by atoms with Crippen LogP contribution in [0.4, 0.5) is 4.79 Å². The topological polar surface area (TPSA) is 79.4 Å². The fraction of sp³-hybridized carbons (Fsp3) is 0.474. The summed E-state index contributed by atoms with van der Waals surface area (Å²) in [7, 11) is 0. The van der Waals surface area contributed by atoms with Gasteiger partial charge in [-0.25, -0.2) is 9.48 Å². The smallest absolute Gasteiger partial charge is 0.404 e. The Morgan fingerprint density at radius 1 is 1.42 bits per heavy atom. The highest BCUT2D eigenvalue weighted by molar-refractivity contribution is 7.98. The first-order valence-electron chi connectivity index (χ1n) is 8.66. The molecule has 1 aromatic carbocycles. The molecule has 0 bridgehead atoms. The molecule has 1 aliphatic rings. The van der Waals surface area contributed by atoms with Crippen LogP contribution < -0.4 is 10.5 Å². The number of amides is 1. The minimum absolute atomic E-state index is 0.00173. The zero-order chi connectivity index (χ0) is 18.7. The van der Waals surface area contributed by atoms with E-state index in [2.05, 4.69) is 17.2 Å². The lowest BCUT2D eigenvalue weighted by Gasteiger charge is -2.37. The fourth-order valence-corrected chi connectivity index (χ4v) is 4.14. The molecule has 0 aliphatic carbocycles. The van der Waals surface area contributed by atoms with E-state index in [1.165, 1.54) is 5.56 Å². The van der Waals surface area contributed by atoms with Crippen molar-refractivity contribution in [3.8, 4) is 5.88 Å². The summed E-state index contributed by atoms with van der Waals surface area (Å²) in [5.41, 5.74) is 6.28. The monoisotopic (exact) mass is 375 g/mol. The third-order valence-corrected chi connectivity index (χ3v) is 5.43. The molecule has 2 aromatic rings. The lowest BCUT2D eigenvalue weighted by molar-refractivity contribution is -0.0353. The van der Waals surface area contributed by atoms with Gasteiger partial charge in [-0.2, -0.15) is 5.10 Å². The minimum Gasteiger partial charge on any atom is -0.477 e. The maximum absolute atomic E-state index is 11.3. The van der Waals surface area contributed by atoms with Crippen molar-refractivity contribution >= 4 is 17.9 Å². The van der Waals surface area contributed by atoms with Crippen molar-refractivity contribution in [2.45, 2.75) is 44.1 Å². The number of aromatic nitrogens is 2. The number of hydrogen-bond donors (Lipinski definition) is 1. The molecule has 2 N–H and O–H groups in total. The molecule has 26 heavy (non-hydrogen) atoms. The van der Waals surface area contributed by atoms with Crippen LogP contribution in [-0.4, -0.2) is 28.6 Å². The first kappa shape index (κ1) is 18.6. The highest BCUT2D eigenvalue weighted by Gasteiger charge is 2.39. The number of benzene rings is 1. The molecule has 2 heterocycles. The second kappa shape index (κ2) is 7.61. The number of nitrogens with two attached hydrogens (primary N) is 1. The van der Waals surface area contributed by atoms with E-state index in [4.69, 9.17) is 15.2 Å². The van der Waals surface area contributed by atoms with Gasteiger partial charge in [0, 0.05) is 5.75 Å². The number of carbonyl (C=O) groups excluding carboxylic acids is 1. The molecule has 7 heteroatoms. The van der Waals surface area contributed by atoms with Gasteiger partial charge in [0.1, 0.15) is 6.10 Å². The van der Waals surface area contributed by atoms with Gasteiger partial charge in [0.25, 0.3) is 0 Å². The highest BCUT2D eigenvalue weighted by Crippen LogP contribution is 2.37. The van der Waals surface area contributed by atoms with Crippen molar-refractivity contribution in [3.05, 3.63) is 42.1 Å². The van der Waals surface area contributed by atoms with Crippen molar-refractivity contribution < 1.29 is 14.3 Å². The molecule has 0 saturated heterocycles. The second-order valence-corrected chi connectivity index (χ2v) is 8.58. The van der Waals surface area contributed by atoms with Gasteiger partial charge in [0.05, 0.1) is 30.2 Å². The molecule has 1 unspecified atom stereocenters. The number of fused-ring (bicyclic) bond motifs is 1. The highest BCUT2D eigenvalue weighted by atomic mass is 32.2. The molecule has 0 fully saturated rings. The number of nitrogens with zero attached hydrogens (tertiary/aromatic N) is 2. The van der Waals surface area contributed by atoms with Crippen molar-refractivity contribution in [3.63, 3.8) is 0 Å². The number of carbonyl (C=O) groups is 1. The van der Waals surface area contributed by atoms with Crippen molar-refractivity contribution in [2.24, 2.45) is 17.1 Å². The average molecular weight is 375 g/mol. The van der Waals surface area contributed by atoms with E-state index in [-0.39, 0.29) is 17.4 Å². The second-order valence-electron chi connectivity index (χ2n) is 7.56. The Morgan fingerprint density at radius 2 is 2.15 bits per heavy atom. The average Bonchev–Trinajstić information content (AvgIpc) is 3.00. The van der Waals surface area contributed by atoms with Gasteiger partial charge in [0.15, 0.2) is 0 Å². The molecular formula is C19H25N3O3S. The van der Waals surface area contributed by atoms with Gasteiger partial charge in [-0.15, -0.1) is 11.8 Å². The molecule has 0 radical (unpaired) electrons.